The summed E-state index contributed by atoms with van der Waals surface area (Å²) < 4.78 is 14.9. The fourth-order valence-corrected chi connectivity index (χ4v) is 3.07. The van der Waals surface area contributed by atoms with E-state index in [0.29, 0.717) is 29.4 Å². The third-order valence-corrected chi connectivity index (χ3v) is 5.32. The van der Waals surface area contributed by atoms with E-state index in [4.69, 9.17) is 14.0 Å². The van der Waals surface area contributed by atoms with Gasteiger partial charge in [0.05, 0.1) is 23.2 Å². The van der Waals surface area contributed by atoms with Crippen LogP contribution < -0.4 is 10.6 Å². The van der Waals surface area contributed by atoms with Crippen LogP contribution in [0.15, 0.2) is 34.9 Å². The summed E-state index contributed by atoms with van der Waals surface area (Å²) in [6.07, 6.45) is 1.73. The number of rotatable bonds is 12. The molecule has 1 aromatic carbocycles. The van der Waals surface area contributed by atoms with E-state index >= 15 is 0 Å². The molecule has 0 aliphatic heterocycles. The Morgan fingerprint density at radius 1 is 1.12 bits per heavy atom. The molecule has 2 rings (SSSR count). The highest BCUT2D eigenvalue weighted by Gasteiger charge is 2.18. The van der Waals surface area contributed by atoms with Crippen molar-refractivity contribution in [2.75, 3.05) is 29.6 Å². The highest BCUT2D eigenvalue weighted by molar-refractivity contribution is 8.01. The van der Waals surface area contributed by atoms with Gasteiger partial charge in [0.1, 0.15) is 5.76 Å². The third kappa shape index (κ3) is 9.36. The Balaban J connectivity index is 1.67. The third-order valence-electron chi connectivity index (χ3n) is 4.20. The number of carbonyl (C=O) groups excluding carboxylic acids is 4. The highest BCUT2D eigenvalue weighted by Crippen LogP contribution is 2.15. The minimum Gasteiger partial charge on any atom is -0.462 e. The van der Waals surface area contributed by atoms with Gasteiger partial charge in [-0.15, -0.1) is 11.8 Å². The van der Waals surface area contributed by atoms with Crippen LogP contribution in [0, 0.1) is 6.92 Å². The van der Waals surface area contributed by atoms with Crippen molar-refractivity contribution in [2.24, 2.45) is 0 Å². The number of esters is 2. The molecule has 1 atom stereocenters. The lowest BCUT2D eigenvalue weighted by Gasteiger charge is -2.10. The van der Waals surface area contributed by atoms with E-state index in [1.807, 2.05) is 6.92 Å². The van der Waals surface area contributed by atoms with Crippen molar-refractivity contribution in [1.29, 1.82) is 0 Å². The Hall–Kier alpha value is -3.34. The molecule has 2 amide bonds. The Morgan fingerprint density at radius 2 is 1.85 bits per heavy atom. The van der Waals surface area contributed by atoms with E-state index in [0.717, 1.165) is 24.6 Å². The molecule has 0 unspecified atom stereocenters. The molecule has 1 aromatic heterocycles. The number of hydrogen-bond acceptors (Lipinski definition) is 9. The lowest BCUT2D eigenvalue weighted by Crippen LogP contribution is -2.25. The number of hydrogen-bond donors (Lipinski definition) is 2. The molecule has 0 saturated carbocycles. The number of ether oxygens (including phenoxy) is 2. The topological polar surface area (TPSA) is 137 Å². The number of amides is 2. The van der Waals surface area contributed by atoms with Crippen LogP contribution in [0.4, 0.5) is 11.5 Å². The lowest BCUT2D eigenvalue weighted by atomic mass is 10.2. The molecule has 0 saturated heterocycles. The zero-order valence-electron chi connectivity index (χ0n) is 18.7. The van der Waals surface area contributed by atoms with Crippen molar-refractivity contribution >= 4 is 47.0 Å². The molecule has 0 radical (unpaired) electrons. The Labute approximate surface area is 195 Å². The number of nitrogens with zero attached hydrogens (tertiary/aromatic N) is 1. The first-order valence-electron chi connectivity index (χ1n) is 10.4. The first kappa shape index (κ1) is 25.9. The maximum absolute atomic E-state index is 12.1. The second kappa shape index (κ2) is 13.3. The fourth-order valence-electron chi connectivity index (χ4n) is 2.39. The monoisotopic (exact) mass is 477 g/mol. The van der Waals surface area contributed by atoms with Gasteiger partial charge in [0.2, 0.25) is 5.91 Å². The van der Waals surface area contributed by atoms with Gasteiger partial charge in [-0.3, -0.25) is 14.4 Å². The Bertz CT molecular complexity index is 959. The standard InChI is InChI=1S/C22H27N3O7S/c1-4-5-10-30-22(29)16-6-8-17(9-7-16)23-19(26)12-31-20(27)13-33-15(3)21(28)24-18-11-14(2)32-25-18/h6-9,11,15H,4-5,10,12-13H2,1-3H3,(H,23,26)(H,24,25,28)/t15-/m1/s1. The molecule has 10 nitrogen and oxygen atoms in total. The minimum absolute atomic E-state index is 0.103. The summed E-state index contributed by atoms with van der Waals surface area (Å²) in [5.41, 5.74) is 0.827. The molecule has 2 aromatic rings. The zero-order chi connectivity index (χ0) is 24.2. The molecule has 33 heavy (non-hydrogen) atoms. The number of aryl methyl sites for hydroxylation is 1. The van der Waals surface area contributed by atoms with E-state index in [9.17, 15) is 19.2 Å². The number of unbranched alkanes of at least 4 members (excludes halogenated alkanes) is 1. The first-order chi connectivity index (χ1) is 15.8. The van der Waals surface area contributed by atoms with E-state index in [1.54, 1.807) is 44.2 Å². The van der Waals surface area contributed by atoms with Gasteiger partial charge < -0.3 is 24.6 Å². The minimum atomic E-state index is -0.628. The summed E-state index contributed by atoms with van der Waals surface area (Å²) >= 11 is 1.07. The number of thioether (sulfide) groups is 1. The fraction of sp³-hybridized carbons (Fsp3) is 0.409. The van der Waals surface area contributed by atoms with E-state index in [1.165, 1.54) is 0 Å². The quantitative estimate of drug-likeness (QED) is 0.349. The molecular formula is C22H27N3O7S. The molecule has 178 valence electrons. The number of anilines is 2. The van der Waals surface area contributed by atoms with Crippen LogP contribution in [0.3, 0.4) is 0 Å². The SMILES string of the molecule is CCCCOC(=O)c1ccc(NC(=O)COC(=O)CS[C@H](C)C(=O)Nc2cc(C)on2)cc1. The summed E-state index contributed by atoms with van der Waals surface area (Å²) in [5, 5.41) is 8.27. The maximum Gasteiger partial charge on any atom is 0.338 e. The van der Waals surface area contributed by atoms with Crippen molar-refractivity contribution in [3.8, 4) is 0 Å². The summed E-state index contributed by atoms with van der Waals surface area (Å²) in [5.74, 6) is -1.16. The molecule has 2 N–H and O–H groups in total. The van der Waals surface area contributed by atoms with Crippen LogP contribution in [0.2, 0.25) is 0 Å². The predicted molar refractivity (Wildman–Crippen MR) is 123 cm³/mol. The summed E-state index contributed by atoms with van der Waals surface area (Å²) in [6, 6.07) is 7.78. The van der Waals surface area contributed by atoms with Gasteiger partial charge in [-0.2, -0.15) is 0 Å². The van der Waals surface area contributed by atoms with E-state index in [-0.39, 0.29) is 11.7 Å². The van der Waals surface area contributed by atoms with Gasteiger partial charge >= 0.3 is 11.9 Å². The van der Waals surface area contributed by atoms with Crippen LogP contribution >= 0.6 is 11.8 Å². The normalized spacial score (nSPS) is 11.4. The van der Waals surface area contributed by atoms with Crippen LogP contribution in [-0.4, -0.2) is 53.1 Å². The number of carbonyl (C=O) groups is 4. The van der Waals surface area contributed by atoms with E-state index in [2.05, 4.69) is 15.8 Å². The van der Waals surface area contributed by atoms with Crippen molar-refractivity contribution < 1.29 is 33.2 Å². The van der Waals surface area contributed by atoms with Gasteiger partial charge in [-0.25, -0.2) is 4.79 Å². The molecule has 0 bridgehead atoms. The van der Waals surface area contributed by atoms with Crippen molar-refractivity contribution in [3.63, 3.8) is 0 Å². The van der Waals surface area contributed by atoms with Gasteiger partial charge in [-0.05, 0) is 44.5 Å². The smallest absolute Gasteiger partial charge is 0.338 e. The Kier molecular flexibility index (Phi) is 10.4. The molecular weight excluding hydrogens is 450 g/mol. The van der Waals surface area contributed by atoms with Crippen LogP contribution in [-0.2, 0) is 23.9 Å². The molecule has 11 heteroatoms. The first-order valence-corrected chi connectivity index (χ1v) is 11.4. The molecule has 1 heterocycles. The zero-order valence-corrected chi connectivity index (χ0v) is 19.5. The lowest BCUT2D eigenvalue weighted by molar-refractivity contribution is -0.144. The number of benzene rings is 1. The summed E-state index contributed by atoms with van der Waals surface area (Å²) in [4.78, 5) is 47.8. The van der Waals surface area contributed by atoms with Gasteiger partial charge in [0.15, 0.2) is 12.4 Å². The van der Waals surface area contributed by atoms with Crippen molar-refractivity contribution in [3.05, 3.63) is 41.7 Å². The van der Waals surface area contributed by atoms with Gasteiger partial charge in [0, 0.05) is 11.8 Å². The summed E-state index contributed by atoms with van der Waals surface area (Å²) in [7, 11) is 0. The van der Waals surface area contributed by atoms with Crippen molar-refractivity contribution in [2.45, 2.75) is 38.9 Å². The van der Waals surface area contributed by atoms with Crippen LogP contribution in [0.1, 0.15) is 42.8 Å². The molecule has 0 aliphatic rings. The second-order valence-corrected chi connectivity index (χ2v) is 8.37. The predicted octanol–water partition coefficient (Wildman–Crippen LogP) is 3.18. The Morgan fingerprint density at radius 3 is 2.48 bits per heavy atom. The highest BCUT2D eigenvalue weighted by atomic mass is 32.2. The van der Waals surface area contributed by atoms with E-state index < -0.39 is 29.7 Å². The van der Waals surface area contributed by atoms with Crippen LogP contribution in [0.5, 0.6) is 0 Å². The second-order valence-electron chi connectivity index (χ2n) is 7.04. The average Bonchev–Trinajstić information content (AvgIpc) is 3.20. The summed E-state index contributed by atoms with van der Waals surface area (Å²) in [6.45, 7) is 5.23. The number of nitrogens with one attached hydrogen (secondary N) is 2. The van der Waals surface area contributed by atoms with Gasteiger partial charge in [-0.1, -0.05) is 18.5 Å². The molecule has 0 aliphatic carbocycles. The average molecular weight is 478 g/mol. The van der Waals surface area contributed by atoms with Crippen LogP contribution in [0.25, 0.3) is 0 Å². The number of aromatic nitrogens is 1. The largest absolute Gasteiger partial charge is 0.462 e. The van der Waals surface area contributed by atoms with Crippen molar-refractivity contribution in [1.82, 2.24) is 5.16 Å². The maximum atomic E-state index is 12.1. The van der Waals surface area contributed by atoms with Gasteiger partial charge in [0.25, 0.3) is 5.91 Å². The molecule has 0 spiro atoms. The molecule has 0 fully saturated rings.